The molecule has 1 aliphatic heterocycles. The molecule has 1 aromatic heterocycles. The van der Waals surface area contributed by atoms with Crippen LogP contribution in [0.3, 0.4) is 0 Å². The third-order valence-corrected chi connectivity index (χ3v) is 4.24. The van der Waals surface area contributed by atoms with Gasteiger partial charge in [0.05, 0.1) is 23.6 Å². The van der Waals surface area contributed by atoms with Crippen LogP contribution >= 0.6 is 0 Å². The van der Waals surface area contributed by atoms with Crippen molar-refractivity contribution in [1.29, 1.82) is 0 Å². The maximum atomic E-state index is 13.6. The molecule has 1 atom stereocenters. The Morgan fingerprint density at radius 2 is 2.08 bits per heavy atom. The van der Waals surface area contributed by atoms with E-state index in [-0.39, 0.29) is 25.4 Å². The average molecular weight is 335 g/mol. The van der Waals surface area contributed by atoms with Crippen molar-refractivity contribution in [2.45, 2.75) is 31.7 Å². The lowest BCUT2D eigenvalue weighted by Gasteiger charge is -2.39. The molecular formula is C16H19F2N5O. The molecule has 0 radical (unpaired) electrons. The molecule has 1 aromatic carbocycles. The fourth-order valence-electron chi connectivity index (χ4n) is 2.99. The second-order valence-corrected chi connectivity index (χ2v) is 6.04. The molecule has 6 nitrogen and oxygen atoms in total. The number of nitrogens with two attached hydrogens (primary N) is 1. The maximum absolute atomic E-state index is 13.6. The summed E-state index contributed by atoms with van der Waals surface area (Å²) in [7, 11) is 0. The molecule has 3 rings (SSSR count). The average Bonchev–Trinajstić information content (AvgIpc) is 3.07. The Bertz CT molecular complexity index is 732. The minimum atomic E-state index is -2.78. The zero-order chi connectivity index (χ0) is 17.3. The first-order chi connectivity index (χ1) is 11.4. The zero-order valence-corrected chi connectivity index (χ0v) is 13.3. The van der Waals surface area contributed by atoms with Crippen molar-refractivity contribution in [2.75, 3.05) is 13.1 Å². The van der Waals surface area contributed by atoms with Crippen molar-refractivity contribution < 1.29 is 13.6 Å². The molecule has 0 spiro atoms. The summed E-state index contributed by atoms with van der Waals surface area (Å²) in [6.45, 7) is 1.85. The van der Waals surface area contributed by atoms with E-state index in [0.717, 1.165) is 5.56 Å². The van der Waals surface area contributed by atoms with Gasteiger partial charge >= 0.3 is 0 Å². The Kier molecular flexibility index (Phi) is 4.31. The lowest BCUT2D eigenvalue weighted by atomic mass is 9.97. The summed E-state index contributed by atoms with van der Waals surface area (Å²) in [5, 5.41) is 8.11. The van der Waals surface area contributed by atoms with Crippen LogP contribution in [0.5, 0.6) is 0 Å². The molecule has 2 aromatic rings. The number of benzene rings is 1. The van der Waals surface area contributed by atoms with E-state index in [1.165, 1.54) is 22.1 Å². The van der Waals surface area contributed by atoms with Gasteiger partial charge in [-0.3, -0.25) is 4.79 Å². The van der Waals surface area contributed by atoms with E-state index < -0.39 is 18.4 Å². The third-order valence-electron chi connectivity index (χ3n) is 4.24. The molecule has 0 unspecified atom stereocenters. The number of rotatable bonds is 3. The van der Waals surface area contributed by atoms with Gasteiger partial charge in [-0.1, -0.05) is 11.6 Å². The molecular weight excluding hydrogens is 316 g/mol. The summed E-state index contributed by atoms with van der Waals surface area (Å²) >= 11 is 0. The molecule has 0 aliphatic carbocycles. The molecule has 1 saturated heterocycles. The predicted molar refractivity (Wildman–Crippen MR) is 84.2 cm³/mol. The number of alkyl halides is 2. The molecule has 0 bridgehead atoms. The van der Waals surface area contributed by atoms with E-state index >= 15 is 0 Å². The van der Waals surface area contributed by atoms with Crippen LogP contribution in [-0.4, -0.2) is 50.9 Å². The van der Waals surface area contributed by atoms with E-state index in [1.54, 1.807) is 12.1 Å². The highest BCUT2D eigenvalue weighted by Gasteiger charge is 2.42. The van der Waals surface area contributed by atoms with Gasteiger partial charge < -0.3 is 10.6 Å². The molecule has 1 aliphatic rings. The van der Waals surface area contributed by atoms with Gasteiger partial charge in [-0.25, -0.2) is 8.78 Å². The largest absolute Gasteiger partial charge is 0.334 e. The van der Waals surface area contributed by atoms with Crippen LogP contribution in [0.1, 0.15) is 28.8 Å². The molecule has 128 valence electrons. The minimum Gasteiger partial charge on any atom is -0.334 e. The first kappa shape index (κ1) is 16.5. The summed E-state index contributed by atoms with van der Waals surface area (Å²) in [5.74, 6) is -3.10. The Hall–Kier alpha value is -2.35. The smallest absolute Gasteiger partial charge is 0.256 e. The Balaban J connectivity index is 1.96. The Labute approximate surface area is 138 Å². The van der Waals surface area contributed by atoms with Gasteiger partial charge in [0.25, 0.3) is 11.8 Å². The van der Waals surface area contributed by atoms with Gasteiger partial charge in [0.15, 0.2) is 0 Å². The second kappa shape index (κ2) is 6.27. The minimum absolute atomic E-state index is 0.00248. The molecule has 2 N–H and O–H groups in total. The molecule has 1 fully saturated rings. The van der Waals surface area contributed by atoms with Crippen molar-refractivity contribution in [3.05, 3.63) is 41.7 Å². The van der Waals surface area contributed by atoms with Crippen molar-refractivity contribution in [1.82, 2.24) is 19.9 Å². The number of aromatic nitrogens is 3. The van der Waals surface area contributed by atoms with Gasteiger partial charge in [-0.15, -0.1) is 0 Å². The van der Waals surface area contributed by atoms with Gasteiger partial charge in [0.2, 0.25) is 0 Å². The lowest BCUT2D eigenvalue weighted by molar-refractivity contribution is -0.0680. The highest BCUT2D eigenvalue weighted by atomic mass is 19.3. The number of nitrogens with zero attached hydrogens (tertiary/aromatic N) is 4. The maximum Gasteiger partial charge on any atom is 0.256 e. The highest BCUT2D eigenvalue weighted by molar-refractivity contribution is 5.98. The van der Waals surface area contributed by atoms with Gasteiger partial charge in [0.1, 0.15) is 0 Å². The quantitative estimate of drug-likeness (QED) is 0.927. The highest BCUT2D eigenvalue weighted by Crippen LogP contribution is 2.32. The van der Waals surface area contributed by atoms with Gasteiger partial charge in [0, 0.05) is 32.0 Å². The number of aryl methyl sites for hydroxylation is 1. The van der Waals surface area contributed by atoms with E-state index in [1.807, 2.05) is 13.0 Å². The standard InChI is InChI=1S/C16H19F2N5O/c1-11-2-3-14(23-20-5-6-21-23)13(8-11)15(24)22-7-4-16(17,18)9-12(22)10-19/h2-3,5-6,8,12H,4,7,9-10,19H2,1H3/t12-/m0/s1. The monoisotopic (exact) mass is 335 g/mol. The van der Waals surface area contributed by atoms with Crippen LogP contribution in [0.25, 0.3) is 5.69 Å². The van der Waals surface area contributed by atoms with Crippen LogP contribution in [-0.2, 0) is 0 Å². The number of likely N-dealkylation sites (tertiary alicyclic amines) is 1. The fourth-order valence-corrected chi connectivity index (χ4v) is 2.99. The second-order valence-electron chi connectivity index (χ2n) is 6.04. The summed E-state index contributed by atoms with van der Waals surface area (Å²) in [4.78, 5) is 15.8. The SMILES string of the molecule is Cc1ccc(-n2nccn2)c(C(=O)N2CCC(F)(F)C[C@H]2CN)c1. The van der Waals surface area contributed by atoms with Crippen molar-refractivity contribution in [3.8, 4) is 5.69 Å². The normalized spacial score (nSPS) is 20.2. The third kappa shape index (κ3) is 3.14. The molecule has 0 saturated carbocycles. The van der Waals surface area contributed by atoms with Gasteiger partial charge in [-0.2, -0.15) is 15.0 Å². The number of carbonyl (C=O) groups is 1. The fraction of sp³-hybridized carbons (Fsp3) is 0.438. The molecule has 24 heavy (non-hydrogen) atoms. The first-order valence-corrected chi connectivity index (χ1v) is 7.77. The summed E-state index contributed by atoms with van der Waals surface area (Å²) in [6.07, 6.45) is 2.27. The van der Waals surface area contributed by atoms with E-state index in [2.05, 4.69) is 10.2 Å². The number of carbonyl (C=O) groups excluding carboxylic acids is 1. The van der Waals surface area contributed by atoms with Crippen molar-refractivity contribution >= 4 is 5.91 Å². The number of hydrogen-bond donors (Lipinski definition) is 1. The predicted octanol–water partition coefficient (Wildman–Crippen LogP) is 1.77. The summed E-state index contributed by atoms with van der Waals surface area (Å²) < 4.78 is 27.3. The number of hydrogen-bond acceptors (Lipinski definition) is 4. The van der Waals surface area contributed by atoms with E-state index in [9.17, 15) is 13.6 Å². The molecule has 1 amide bonds. The summed E-state index contributed by atoms with van der Waals surface area (Å²) in [6, 6.07) is 4.64. The number of halogens is 2. The topological polar surface area (TPSA) is 77.0 Å². The summed E-state index contributed by atoms with van der Waals surface area (Å²) in [5.41, 5.74) is 7.43. The van der Waals surface area contributed by atoms with Crippen molar-refractivity contribution in [2.24, 2.45) is 5.73 Å². The van der Waals surface area contributed by atoms with E-state index in [4.69, 9.17) is 5.73 Å². The number of piperidine rings is 1. The molecule has 8 heteroatoms. The van der Waals surface area contributed by atoms with E-state index in [0.29, 0.717) is 11.3 Å². The zero-order valence-electron chi connectivity index (χ0n) is 13.3. The van der Waals surface area contributed by atoms with Crippen LogP contribution in [0.4, 0.5) is 8.78 Å². The Morgan fingerprint density at radius 3 is 2.75 bits per heavy atom. The number of amides is 1. The Morgan fingerprint density at radius 1 is 1.38 bits per heavy atom. The molecule has 2 heterocycles. The van der Waals surface area contributed by atoms with Gasteiger partial charge in [-0.05, 0) is 19.1 Å². The van der Waals surface area contributed by atoms with Crippen LogP contribution < -0.4 is 5.73 Å². The first-order valence-electron chi connectivity index (χ1n) is 7.77. The lowest BCUT2D eigenvalue weighted by Crippen LogP contribution is -2.52. The van der Waals surface area contributed by atoms with Crippen LogP contribution in [0, 0.1) is 6.92 Å². The van der Waals surface area contributed by atoms with Crippen LogP contribution in [0.2, 0.25) is 0 Å². The van der Waals surface area contributed by atoms with Crippen molar-refractivity contribution in [3.63, 3.8) is 0 Å². The van der Waals surface area contributed by atoms with Crippen LogP contribution in [0.15, 0.2) is 30.6 Å².